The van der Waals surface area contributed by atoms with E-state index in [1.54, 1.807) is 13.2 Å². The van der Waals surface area contributed by atoms with Crippen LogP contribution in [0.25, 0.3) is 22.2 Å². The number of carbonyl (C=O) groups excluding carboxylic acids is 2. The number of rotatable bonds is 4. The molecule has 0 radical (unpaired) electrons. The monoisotopic (exact) mass is 389 g/mol. The Kier molecular flexibility index (Phi) is 5.42. The number of para-hydroxylation sites is 1. The van der Waals surface area contributed by atoms with Gasteiger partial charge in [-0.05, 0) is 55.7 Å². The third-order valence-corrected chi connectivity index (χ3v) is 5.19. The Morgan fingerprint density at radius 3 is 2.72 bits per heavy atom. The number of nitrogens with zero attached hydrogens (tertiary/aromatic N) is 1. The van der Waals surface area contributed by atoms with Gasteiger partial charge in [0.25, 0.3) is 5.91 Å². The first-order valence-corrected chi connectivity index (χ1v) is 9.78. The van der Waals surface area contributed by atoms with Gasteiger partial charge in [0.15, 0.2) is 0 Å². The maximum Gasteiger partial charge on any atom is 0.252 e. The fourth-order valence-corrected chi connectivity index (χ4v) is 3.59. The van der Waals surface area contributed by atoms with Gasteiger partial charge in [0, 0.05) is 17.5 Å². The quantitative estimate of drug-likeness (QED) is 0.717. The Morgan fingerprint density at radius 1 is 1.14 bits per heavy atom. The van der Waals surface area contributed by atoms with Gasteiger partial charge < -0.3 is 15.4 Å². The number of hydrogen-bond donors (Lipinski definition) is 2. The topological polar surface area (TPSA) is 80.3 Å². The molecule has 3 aromatic rings. The number of amides is 2. The van der Waals surface area contributed by atoms with Crippen LogP contribution in [0.4, 0.5) is 0 Å². The summed E-state index contributed by atoms with van der Waals surface area (Å²) in [7, 11) is 1.62. The zero-order valence-electron chi connectivity index (χ0n) is 16.3. The summed E-state index contributed by atoms with van der Waals surface area (Å²) in [5, 5.41) is 6.53. The highest BCUT2D eigenvalue weighted by Gasteiger charge is 2.24. The minimum absolute atomic E-state index is 0.121. The molecule has 2 N–H and O–H groups in total. The van der Waals surface area contributed by atoms with Crippen molar-refractivity contribution in [1.82, 2.24) is 15.6 Å². The smallest absolute Gasteiger partial charge is 0.252 e. The summed E-state index contributed by atoms with van der Waals surface area (Å²) in [6.45, 7) is 0.658. The minimum Gasteiger partial charge on any atom is -0.497 e. The first-order chi connectivity index (χ1) is 14.2. The van der Waals surface area contributed by atoms with Gasteiger partial charge in [-0.15, -0.1) is 0 Å². The molecule has 29 heavy (non-hydrogen) atoms. The summed E-state index contributed by atoms with van der Waals surface area (Å²) in [5.74, 6) is 0.372. The van der Waals surface area contributed by atoms with Crippen LogP contribution >= 0.6 is 0 Å². The number of ether oxygens (including phenoxy) is 1. The SMILES string of the molecule is COc1ccc(-c2cc(C(=O)N[C@@H]3CCCCNC3=O)c3ccccc3n2)cc1. The molecule has 1 aliphatic heterocycles. The highest BCUT2D eigenvalue weighted by molar-refractivity contribution is 6.08. The molecule has 0 spiro atoms. The van der Waals surface area contributed by atoms with Gasteiger partial charge in [-0.2, -0.15) is 0 Å². The molecule has 6 nitrogen and oxygen atoms in total. The van der Waals surface area contributed by atoms with E-state index in [2.05, 4.69) is 10.6 Å². The summed E-state index contributed by atoms with van der Waals surface area (Å²) in [6, 6.07) is 16.4. The van der Waals surface area contributed by atoms with Crippen molar-refractivity contribution in [2.24, 2.45) is 0 Å². The lowest BCUT2D eigenvalue weighted by molar-refractivity contribution is -0.122. The van der Waals surface area contributed by atoms with E-state index < -0.39 is 6.04 Å². The van der Waals surface area contributed by atoms with Crippen molar-refractivity contribution >= 4 is 22.7 Å². The van der Waals surface area contributed by atoms with Crippen molar-refractivity contribution in [1.29, 1.82) is 0 Å². The Morgan fingerprint density at radius 2 is 1.93 bits per heavy atom. The number of carbonyl (C=O) groups is 2. The van der Waals surface area contributed by atoms with Crippen molar-refractivity contribution in [3.05, 3.63) is 60.2 Å². The molecule has 0 aliphatic carbocycles. The zero-order valence-corrected chi connectivity index (χ0v) is 16.3. The molecular formula is C23H23N3O3. The third kappa shape index (κ3) is 4.06. The molecular weight excluding hydrogens is 366 g/mol. The van der Waals surface area contributed by atoms with E-state index in [9.17, 15) is 9.59 Å². The molecule has 6 heteroatoms. The van der Waals surface area contributed by atoms with Gasteiger partial charge in [-0.25, -0.2) is 4.98 Å². The molecule has 1 aliphatic rings. The summed E-state index contributed by atoms with van der Waals surface area (Å²) >= 11 is 0. The van der Waals surface area contributed by atoms with E-state index in [4.69, 9.17) is 9.72 Å². The van der Waals surface area contributed by atoms with Crippen LogP contribution < -0.4 is 15.4 Å². The second kappa shape index (κ2) is 8.31. The minimum atomic E-state index is -0.513. The average molecular weight is 389 g/mol. The molecule has 2 aromatic carbocycles. The van der Waals surface area contributed by atoms with Crippen LogP contribution in [0.2, 0.25) is 0 Å². The number of fused-ring (bicyclic) bond motifs is 1. The molecule has 1 atom stereocenters. The first-order valence-electron chi connectivity index (χ1n) is 9.78. The van der Waals surface area contributed by atoms with Crippen molar-refractivity contribution in [2.45, 2.75) is 25.3 Å². The lowest BCUT2D eigenvalue weighted by atomic mass is 10.0. The van der Waals surface area contributed by atoms with Crippen LogP contribution in [-0.2, 0) is 4.79 Å². The molecule has 148 valence electrons. The fourth-order valence-electron chi connectivity index (χ4n) is 3.59. The summed E-state index contributed by atoms with van der Waals surface area (Å²) in [6.07, 6.45) is 2.47. The van der Waals surface area contributed by atoms with Crippen molar-refractivity contribution in [3.8, 4) is 17.0 Å². The Balaban J connectivity index is 1.71. The number of methoxy groups -OCH3 is 1. The van der Waals surface area contributed by atoms with E-state index >= 15 is 0 Å². The highest BCUT2D eigenvalue weighted by atomic mass is 16.5. The van der Waals surface area contributed by atoms with Gasteiger partial charge in [0.1, 0.15) is 11.8 Å². The molecule has 0 unspecified atom stereocenters. The maximum absolute atomic E-state index is 13.1. The second-order valence-electron chi connectivity index (χ2n) is 7.11. The van der Waals surface area contributed by atoms with Crippen LogP contribution in [0.15, 0.2) is 54.6 Å². The van der Waals surface area contributed by atoms with Crippen LogP contribution in [0.3, 0.4) is 0 Å². The van der Waals surface area contributed by atoms with E-state index in [0.717, 1.165) is 35.1 Å². The van der Waals surface area contributed by atoms with E-state index in [1.807, 2.05) is 48.5 Å². The van der Waals surface area contributed by atoms with Gasteiger partial charge in [-0.3, -0.25) is 9.59 Å². The third-order valence-electron chi connectivity index (χ3n) is 5.19. The molecule has 4 rings (SSSR count). The molecule has 0 bridgehead atoms. The predicted molar refractivity (Wildman–Crippen MR) is 112 cm³/mol. The first kappa shape index (κ1) is 18.9. The number of nitrogens with one attached hydrogen (secondary N) is 2. The summed E-state index contributed by atoms with van der Waals surface area (Å²) < 4.78 is 5.22. The molecule has 1 fully saturated rings. The van der Waals surface area contributed by atoms with Gasteiger partial charge in [-0.1, -0.05) is 18.2 Å². The van der Waals surface area contributed by atoms with E-state index in [0.29, 0.717) is 24.2 Å². The number of pyridine rings is 1. The zero-order chi connectivity index (χ0) is 20.2. The number of hydrogen-bond acceptors (Lipinski definition) is 4. The lowest BCUT2D eigenvalue weighted by Gasteiger charge is -2.16. The van der Waals surface area contributed by atoms with Crippen LogP contribution in [0.5, 0.6) is 5.75 Å². The van der Waals surface area contributed by atoms with E-state index in [1.165, 1.54) is 0 Å². The molecule has 2 heterocycles. The summed E-state index contributed by atoms with van der Waals surface area (Å²) in [4.78, 5) is 30.1. The molecule has 0 saturated carbocycles. The fraction of sp³-hybridized carbons (Fsp3) is 0.261. The molecule has 1 aromatic heterocycles. The number of aromatic nitrogens is 1. The largest absolute Gasteiger partial charge is 0.497 e. The van der Waals surface area contributed by atoms with Gasteiger partial charge in [0.05, 0.1) is 23.9 Å². The van der Waals surface area contributed by atoms with Gasteiger partial charge in [0.2, 0.25) is 5.91 Å². The van der Waals surface area contributed by atoms with Crippen molar-refractivity contribution in [3.63, 3.8) is 0 Å². The van der Waals surface area contributed by atoms with Crippen LogP contribution in [0.1, 0.15) is 29.6 Å². The van der Waals surface area contributed by atoms with Crippen LogP contribution in [-0.4, -0.2) is 36.5 Å². The Labute approximate surface area is 169 Å². The Hall–Kier alpha value is -3.41. The van der Waals surface area contributed by atoms with Gasteiger partial charge >= 0.3 is 0 Å². The lowest BCUT2D eigenvalue weighted by Crippen LogP contribution is -2.45. The van der Waals surface area contributed by atoms with Crippen LogP contribution in [0, 0.1) is 0 Å². The average Bonchev–Trinajstić information content (AvgIpc) is 2.97. The predicted octanol–water partition coefficient (Wildman–Crippen LogP) is 3.31. The highest BCUT2D eigenvalue weighted by Crippen LogP contribution is 2.26. The van der Waals surface area contributed by atoms with Crippen molar-refractivity contribution < 1.29 is 14.3 Å². The summed E-state index contributed by atoms with van der Waals surface area (Å²) in [5.41, 5.74) is 2.83. The number of benzene rings is 2. The maximum atomic E-state index is 13.1. The normalized spacial score (nSPS) is 16.7. The van der Waals surface area contributed by atoms with Crippen molar-refractivity contribution in [2.75, 3.05) is 13.7 Å². The molecule has 1 saturated heterocycles. The van der Waals surface area contributed by atoms with E-state index in [-0.39, 0.29) is 11.8 Å². The molecule has 2 amide bonds. The Bertz CT molecular complexity index is 1050. The second-order valence-corrected chi connectivity index (χ2v) is 7.11. The standard InChI is InChI=1S/C23H23N3O3/c1-29-16-11-9-15(10-12-16)21-14-18(17-6-2-3-7-19(17)25-21)22(27)26-20-8-4-5-13-24-23(20)28/h2-3,6-7,9-12,14,20H,4-5,8,13H2,1H3,(H,24,28)(H,26,27)/t20-/m1/s1.